The fraction of sp³-hybridized carbons (Fsp3) is 0.625. The van der Waals surface area contributed by atoms with Crippen LogP contribution in [0.4, 0.5) is 0 Å². The van der Waals surface area contributed by atoms with Crippen LogP contribution in [-0.2, 0) is 0 Å². The fourth-order valence-electron chi connectivity index (χ4n) is 1.30. The molecule has 0 radical (unpaired) electrons. The van der Waals surface area contributed by atoms with Gasteiger partial charge in [-0.3, -0.25) is 0 Å². The van der Waals surface area contributed by atoms with Crippen LogP contribution < -0.4 is 5.84 Å². The van der Waals surface area contributed by atoms with Crippen molar-refractivity contribution in [2.24, 2.45) is 5.84 Å². The lowest BCUT2D eigenvalue weighted by molar-refractivity contribution is 0.417. The van der Waals surface area contributed by atoms with Gasteiger partial charge in [0, 0.05) is 32.4 Å². The zero-order valence-electron chi connectivity index (χ0n) is 7.58. The maximum Gasteiger partial charge on any atom is 0.120 e. The smallest absolute Gasteiger partial charge is 0.120 e. The summed E-state index contributed by atoms with van der Waals surface area (Å²) in [5.74, 6) is 5.54. The Kier molecular flexibility index (Phi) is 3.05. The molecule has 0 unspecified atom stereocenters. The Balaban J connectivity index is 2.67. The van der Waals surface area contributed by atoms with Crippen molar-refractivity contribution in [3.63, 3.8) is 0 Å². The van der Waals surface area contributed by atoms with E-state index < -0.39 is 0 Å². The first-order valence-electron chi connectivity index (χ1n) is 4.05. The number of likely N-dealkylation sites (N-methyl/N-ethyl adjacent to an activating group) is 1. The normalized spacial score (nSPS) is 17.2. The number of hydrazine groups is 1. The Morgan fingerprint density at radius 1 is 1.75 bits per heavy atom. The lowest BCUT2D eigenvalue weighted by Gasteiger charge is -2.25. The van der Waals surface area contributed by atoms with Crippen LogP contribution in [-0.4, -0.2) is 35.5 Å². The monoisotopic (exact) mass is 185 g/mol. The third-order valence-corrected chi connectivity index (χ3v) is 2.48. The highest BCUT2D eigenvalue weighted by Gasteiger charge is 2.12. The molecule has 12 heavy (non-hydrogen) atoms. The van der Waals surface area contributed by atoms with E-state index in [-0.39, 0.29) is 0 Å². The van der Waals surface area contributed by atoms with Crippen molar-refractivity contribution in [1.29, 1.82) is 0 Å². The van der Waals surface area contributed by atoms with E-state index in [1.54, 1.807) is 7.05 Å². The average molecular weight is 185 g/mol. The third kappa shape index (κ3) is 2.19. The Hall–Kier alpha value is -0.610. The van der Waals surface area contributed by atoms with Crippen molar-refractivity contribution < 1.29 is 0 Å². The van der Waals surface area contributed by atoms with E-state index in [1.165, 1.54) is 10.6 Å². The van der Waals surface area contributed by atoms with E-state index in [0.29, 0.717) is 0 Å². The topological polar surface area (TPSA) is 32.5 Å². The fourth-order valence-corrected chi connectivity index (χ4v) is 1.46. The van der Waals surface area contributed by atoms with Crippen LogP contribution >= 0.6 is 12.2 Å². The minimum atomic E-state index is 0.751. The summed E-state index contributed by atoms with van der Waals surface area (Å²) in [5.41, 5.74) is 1.17. The van der Waals surface area contributed by atoms with Crippen LogP contribution in [0.1, 0.15) is 12.8 Å². The standard InChI is InChI=1S/C8H15N3S/c1-10-5-3-4-7(6-10)8(12)11(2)9/h6H,3-5,9H2,1-2H3. The number of nitrogens with zero attached hydrogens (tertiary/aromatic N) is 2. The number of nitrogens with two attached hydrogens (primary N) is 1. The molecule has 0 aliphatic carbocycles. The van der Waals surface area contributed by atoms with Crippen LogP contribution in [0.25, 0.3) is 0 Å². The van der Waals surface area contributed by atoms with Crippen molar-refractivity contribution in [2.45, 2.75) is 12.8 Å². The van der Waals surface area contributed by atoms with E-state index in [2.05, 4.69) is 18.1 Å². The summed E-state index contributed by atoms with van der Waals surface area (Å²) in [7, 11) is 3.83. The van der Waals surface area contributed by atoms with Gasteiger partial charge in [-0.1, -0.05) is 12.2 Å². The number of hydrogen-bond donors (Lipinski definition) is 1. The van der Waals surface area contributed by atoms with Crippen molar-refractivity contribution >= 4 is 17.2 Å². The largest absolute Gasteiger partial charge is 0.380 e. The SMILES string of the molecule is CN1C=C(C(=S)N(C)N)CCC1. The lowest BCUT2D eigenvalue weighted by atomic mass is 10.1. The molecule has 0 atom stereocenters. The summed E-state index contributed by atoms with van der Waals surface area (Å²) < 4.78 is 0. The van der Waals surface area contributed by atoms with Gasteiger partial charge in [0.05, 0.1) is 0 Å². The second-order valence-electron chi connectivity index (χ2n) is 3.15. The first kappa shape index (κ1) is 9.48. The molecule has 0 aromatic carbocycles. The van der Waals surface area contributed by atoms with Crippen LogP contribution in [0.15, 0.2) is 11.8 Å². The Morgan fingerprint density at radius 2 is 2.42 bits per heavy atom. The van der Waals surface area contributed by atoms with Crippen LogP contribution in [0.3, 0.4) is 0 Å². The minimum absolute atomic E-state index is 0.751. The molecule has 0 aromatic heterocycles. The first-order valence-corrected chi connectivity index (χ1v) is 4.46. The van der Waals surface area contributed by atoms with Gasteiger partial charge in [-0.2, -0.15) is 0 Å². The van der Waals surface area contributed by atoms with Crippen molar-refractivity contribution in [3.8, 4) is 0 Å². The highest BCUT2D eigenvalue weighted by molar-refractivity contribution is 7.80. The van der Waals surface area contributed by atoms with Crippen molar-refractivity contribution in [2.75, 3.05) is 20.6 Å². The van der Waals surface area contributed by atoms with E-state index in [1.807, 2.05) is 0 Å². The average Bonchev–Trinajstić information content (AvgIpc) is 2.03. The summed E-state index contributed by atoms with van der Waals surface area (Å²) in [4.78, 5) is 2.90. The Morgan fingerprint density at radius 3 is 2.92 bits per heavy atom. The molecule has 0 saturated carbocycles. The van der Waals surface area contributed by atoms with E-state index in [9.17, 15) is 0 Å². The highest BCUT2D eigenvalue weighted by Crippen LogP contribution is 2.15. The van der Waals surface area contributed by atoms with Gasteiger partial charge in [-0.15, -0.1) is 0 Å². The highest BCUT2D eigenvalue weighted by atomic mass is 32.1. The molecule has 3 nitrogen and oxygen atoms in total. The summed E-state index contributed by atoms with van der Waals surface area (Å²) in [6, 6.07) is 0. The molecule has 0 aromatic rings. The van der Waals surface area contributed by atoms with Gasteiger partial charge in [0.2, 0.25) is 0 Å². The minimum Gasteiger partial charge on any atom is -0.380 e. The van der Waals surface area contributed by atoms with E-state index in [4.69, 9.17) is 18.1 Å². The summed E-state index contributed by atoms with van der Waals surface area (Å²) in [6.07, 6.45) is 4.29. The lowest BCUT2D eigenvalue weighted by Crippen LogP contribution is -2.34. The van der Waals surface area contributed by atoms with E-state index in [0.717, 1.165) is 24.4 Å². The Bertz CT molecular complexity index is 210. The molecule has 2 N–H and O–H groups in total. The molecule has 1 rings (SSSR count). The molecule has 0 fully saturated rings. The number of hydrogen-bond acceptors (Lipinski definition) is 3. The molecule has 1 aliphatic rings. The molecular weight excluding hydrogens is 170 g/mol. The summed E-state index contributed by atoms with van der Waals surface area (Å²) in [6.45, 7) is 1.11. The quantitative estimate of drug-likeness (QED) is 0.371. The van der Waals surface area contributed by atoms with Gasteiger partial charge in [0.25, 0.3) is 0 Å². The van der Waals surface area contributed by atoms with Crippen molar-refractivity contribution in [1.82, 2.24) is 9.91 Å². The van der Waals surface area contributed by atoms with Crippen LogP contribution in [0, 0.1) is 0 Å². The van der Waals surface area contributed by atoms with Gasteiger partial charge in [-0.25, -0.2) is 5.84 Å². The molecule has 0 spiro atoms. The molecule has 0 saturated heterocycles. The maximum atomic E-state index is 5.54. The molecule has 0 amide bonds. The van der Waals surface area contributed by atoms with Gasteiger partial charge >= 0.3 is 0 Å². The summed E-state index contributed by atoms with van der Waals surface area (Å²) in [5, 5.41) is 1.50. The molecule has 4 heteroatoms. The van der Waals surface area contributed by atoms with Gasteiger partial charge in [-0.05, 0) is 12.8 Å². The van der Waals surface area contributed by atoms with Crippen molar-refractivity contribution in [3.05, 3.63) is 11.8 Å². The zero-order valence-corrected chi connectivity index (χ0v) is 8.40. The molecule has 1 heterocycles. The van der Waals surface area contributed by atoms with Gasteiger partial charge in [0.1, 0.15) is 4.99 Å². The van der Waals surface area contributed by atoms with E-state index >= 15 is 0 Å². The first-order chi connectivity index (χ1) is 5.61. The molecule has 68 valence electrons. The van der Waals surface area contributed by atoms with Crippen LogP contribution in [0.5, 0.6) is 0 Å². The second kappa shape index (κ2) is 3.87. The second-order valence-corrected chi connectivity index (χ2v) is 3.54. The number of thiocarbonyl (C=S) groups is 1. The zero-order chi connectivity index (χ0) is 9.14. The predicted octanol–water partition coefficient (Wildman–Crippen LogP) is 0.729. The predicted molar refractivity (Wildman–Crippen MR) is 54.5 cm³/mol. The van der Waals surface area contributed by atoms with Crippen LogP contribution in [0.2, 0.25) is 0 Å². The molecule has 1 aliphatic heterocycles. The van der Waals surface area contributed by atoms with Gasteiger partial charge in [0.15, 0.2) is 0 Å². The molecular formula is C8H15N3S. The maximum absolute atomic E-state index is 5.54. The number of rotatable bonds is 1. The third-order valence-electron chi connectivity index (χ3n) is 1.93. The summed E-state index contributed by atoms with van der Waals surface area (Å²) >= 11 is 5.16. The molecule has 0 bridgehead atoms. The Labute approximate surface area is 78.8 Å². The van der Waals surface area contributed by atoms with Gasteiger partial charge < -0.3 is 9.91 Å².